The van der Waals surface area contributed by atoms with Crippen molar-refractivity contribution < 1.29 is 140 Å². The zero-order chi connectivity index (χ0) is 44.6. The molecule has 0 rings (SSSR count). The van der Waals surface area contributed by atoms with Gasteiger partial charge in [0.05, 0.1) is 111 Å². The zero-order valence-electron chi connectivity index (χ0n) is 27.6. The minimum absolute atomic E-state index is 0. The Kier molecular flexibility index (Phi) is 42.5. The third-order valence-electron chi connectivity index (χ3n) is 4.18. The Hall–Kier alpha value is -5.91. The average molecular weight is 889 g/mol. The Bertz CT molecular complexity index is 1050. The van der Waals surface area contributed by atoms with Gasteiger partial charge in [-0.3, -0.25) is 28.8 Å². The normalized spacial score (nSPS) is 12.3. The van der Waals surface area contributed by atoms with Crippen LogP contribution in [0.25, 0.3) is 0 Å². The molecule has 0 unspecified atom stereocenters. The van der Waals surface area contributed by atoms with Crippen LogP contribution < -0.4 is 65.0 Å². The van der Waals surface area contributed by atoms with Gasteiger partial charge in [-0.05, 0) is 0 Å². The van der Waals surface area contributed by atoms with Crippen molar-refractivity contribution in [3.8, 4) is 0 Å². The maximum absolute atomic E-state index is 9.74. The van der Waals surface area contributed by atoms with Crippen LogP contribution in [0.2, 0.25) is 0 Å². The van der Waals surface area contributed by atoms with Crippen molar-refractivity contribution in [3.63, 3.8) is 0 Å². The molecule has 31 heteroatoms. The summed E-state index contributed by atoms with van der Waals surface area (Å²) >= 11 is 0. The summed E-state index contributed by atoms with van der Waals surface area (Å²) in [6, 6.07) is -8.40. The van der Waals surface area contributed by atoms with Gasteiger partial charge in [-0.15, -0.1) is 0 Å². The Morgan fingerprint density at radius 1 is 0.291 bits per heavy atom. The molecule has 0 bridgehead atoms. The summed E-state index contributed by atoms with van der Waals surface area (Å²) in [6.07, 6.45) is -3.57. The molecule has 0 spiro atoms. The summed E-state index contributed by atoms with van der Waals surface area (Å²) < 4.78 is 0. The number of nitrogens with two attached hydrogens (primary N) is 6. The van der Waals surface area contributed by atoms with Gasteiger partial charge < -0.3 is 124 Å². The Labute approximate surface area is 320 Å². The summed E-state index contributed by atoms with van der Waals surface area (Å²) in [7, 11) is 0. The summed E-state index contributed by atoms with van der Waals surface area (Å²) in [6.45, 7) is 0. The van der Waals surface area contributed by atoms with E-state index < -0.39 is 146 Å². The monoisotopic (exact) mass is 890 g/mol. The van der Waals surface area contributed by atoms with Crippen LogP contribution in [0.5, 0.6) is 0 Å². The SMILES string of the molecule is N[C@@H](CC(=O)O)C(=O)[O-].N[C@@H](CC(=O)O)C(=O)[O-].N[C@@H](CC(=O)O)C(=O)[O-].N[C@@H](CC(=O)O)C(=O)[O-].N[C@@H](CC(=O)O)C(=O)[O-].N[C@@H](CC(=O)O)C(=O)[O-].[Mo+6]. The van der Waals surface area contributed by atoms with E-state index in [1.807, 2.05) is 0 Å². The third-order valence-corrected chi connectivity index (χ3v) is 4.18. The fourth-order valence-corrected chi connectivity index (χ4v) is 1.63. The van der Waals surface area contributed by atoms with Crippen LogP contribution in [-0.2, 0) is 78.6 Å². The number of carbonyl (C=O) groups is 12. The average Bonchev–Trinajstić information content (AvgIpc) is 2.96. The molecule has 0 aromatic rings. The third kappa shape index (κ3) is 57.7. The Balaban J connectivity index is -0.000000100. The van der Waals surface area contributed by atoms with E-state index in [1.165, 1.54) is 0 Å². The first kappa shape index (κ1) is 64.1. The second-order valence-corrected chi connectivity index (χ2v) is 9.14. The molecule has 18 N–H and O–H groups in total. The van der Waals surface area contributed by atoms with Gasteiger partial charge in [-0.2, -0.15) is 0 Å². The fraction of sp³-hybridized carbons (Fsp3) is 0.500. The van der Waals surface area contributed by atoms with Crippen molar-refractivity contribution in [3.05, 3.63) is 0 Å². The van der Waals surface area contributed by atoms with E-state index in [1.54, 1.807) is 0 Å². The van der Waals surface area contributed by atoms with Crippen molar-refractivity contribution >= 4 is 71.6 Å². The van der Waals surface area contributed by atoms with Crippen LogP contribution in [0, 0.1) is 0 Å². The van der Waals surface area contributed by atoms with Gasteiger partial charge in [0.15, 0.2) is 0 Å². The van der Waals surface area contributed by atoms with Gasteiger partial charge in [-0.25, -0.2) is 0 Å². The van der Waals surface area contributed by atoms with Crippen molar-refractivity contribution in [1.82, 2.24) is 0 Å². The molecule has 0 aliphatic heterocycles. The summed E-state index contributed by atoms with van der Waals surface area (Å²) in [5.41, 5.74) is 28.6. The van der Waals surface area contributed by atoms with Gasteiger partial charge in [-0.1, -0.05) is 0 Å². The van der Waals surface area contributed by atoms with Crippen LogP contribution >= 0.6 is 0 Å². The van der Waals surface area contributed by atoms with Gasteiger partial charge >= 0.3 is 56.9 Å². The molecule has 312 valence electrons. The van der Waals surface area contributed by atoms with E-state index in [0.717, 1.165) is 0 Å². The molecule has 0 aromatic carbocycles. The predicted octanol–water partition coefficient (Wildman–Crippen LogP) is -14.8. The number of hydrogen-bond acceptors (Lipinski definition) is 24. The quantitative estimate of drug-likeness (QED) is 0.0569. The van der Waals surface area contributed by atoms with Gasteiger partial charge in [0.25, 0.3) is 0 Å². The van der Waals surface area contributed by atoms with Gasteiger partial charge in [0.2, 0.25) is 0 Å². The summed E-state index contributed by atoms with van der Waals surface area (Å²) in [4.78, 5) is 117. The zero-order valence-corrected chi connectivity index (χ0v) is 29.6. The van der Waals surface area contributed by atoms with E-state index in [9.17, 15) is 88.2 Å². The second kappa shape index (κ2) is 36.4. The molecule has 0 aliphatic carbocycles. The smallest absolute Gasteiger partial charge is 0.548 e. The molecule has 0 amide bonds. The molecule has 30 nitrogen and oxygen atoms in total. The van der Waals surface area contributed by atoms with Crippen LogP contribution in [0.4, 0.5) is 0 Å². The second-order valence-electron chi connectivity index (χ2n) is 9.14. The van der Waals surface area contributed by atoms with Crippen LogP contribution in [0.15, 0.2) is 0 Å². The first-order valence-electron chi connectivity index (χ1n) is 13.3. The first-order chi connectivity index (χ1) is 24.2. The molecule has 0 aromatic heterocycles. The Morgan fingerprint density at radius 2 is 0.364 bits per heavy atom. The number of aliphatic carboxylic acids is 12. The van der Waals surface area contributed by atoms with E-state index in [2.05, 4.69) is 0 Å². The molecule has 0 heterocycles. The number of carbonyl (C=O) groups excluding carboxylic acids is 6. The topological polar surface area (TPSA) is 621 Å². The molecule has 0 saturated carbocycles. The number of carboxylic acid groups (broad SMARTS) is 12. The van der Waals surface area contributed by atoms with Crippen molar-refractivity contribution in [2.75, 3.05) is 0 Å². The largest absolute Gasteiger partial charge is 6.00 e. The van der Waals surface area contributed by atoms with E-state index in [4.69, 9.17) is 65.0 Å². The first-order valence-corrected chi connectivity index (χ1v) is 13.3. The molecule has 0 radical (unpaired) electrons. The molecule has 0 saturated heterocycles. The molecule has 55 heavy (non-hydrogen) atoms. The number of carboxylic acids is 12. The van der Waals surface area contributed by atoms with Gasteiger partial charge in [0.1, 0.15) is 0 Å². The molecule has 0 fully saturated rings. The summed E-state index contributed by atoms with van der Waals surface area (Å²) in [5, 5.41) is 106. The molecular formula is C24H36MoN6O24. The Morgan fingerprint density at radius 3 is 0.382 bits per heavy atom. The molecule has 6 atom stereocenters. The van der Waals surface area contributed by atoms with Crippen LogP contribution in [0.1, 0.15) is 38.5 Å². The van der Waals surface area contributed by atoms with E-state index in [0.29, 0.717) is 0 Å². The standard InChI is InChI=1S/6C4H7NO4.Mo/c6*5-2(4(8)9)1-3(6)7;/h6*2H,1,5H2,(H,6,7)(H,8,9);/q;;;;;;+6/p-6/t6*2-;/m000000./s1. The van der Waals surface area contributed by atoms with Crippen molar-refractivity contribution in [1.29, 1.82) is 0 Å². The molecular weight excluding hydrogens is 852 g/mol. The number of rotatable bonds is 18. The number of hydrogen-bond donors (Lipinski definition) is 12. The van der Waals surface area contributed by atoms with Crippen molar-refractivity contribution in [2.24, 2.45) is 34.4 Å². The summed E-state index contributed by atoms with van der Waals surface area (Å²) in [5.74, 6) is -16.7. The van der Waals surface area contributed by atoms with Crippen molar-refractivity contribution in [2.45, 2.75) is 74.8 Å². The molecule has 0 aliphatic rings. The maximum atomic E-state index is 9.74. The minimum atomic E-state index is -1.54. The maximum Gasteiger partial charge on any atom is 6.00 e. The minimum Gasteiger partial charge on any atom is -0.548 e. The fourth-order valence-electron chi connectivity index (χ4n) is 1.63. The van der Waals surface area contributed by atoms with Gasteiger partial charge in [0, 0.05) is 0 Å². The van der Waals surface area contributed by atoms with E-state index in [-0.39, 0.29) is 21.1 Å². The van der Waals surface area contributed by atoms with E-state index >= 15 is 0 Å². The van der Waals surface area contributed by atoms with Crippen LogP contribution in [-0.4, -0.2) is 139 Å². The predicted molar refractivity (Wildman–Crippen MR) is 151 cm³/mol. The van der Waals surface area contributed by atoms with Crippen LogP contribution in [0.3, 0.4) is 0 Å².